The minimum atomic E-state index is -6.85. The fourth-order valence-corrected chi connectivity index (χ4v) is 7.85. The molecule has 498 valence electrons. The molecular formula is C61H65F27. The standard InChI is InChI=1S/C7H4F10.2C7H6F2.2C7H7F.C7H13F.C7H7F.C6H4F8.C6H11F/c1-2-3(8,9)5(12,13)7(16,17)6(14,15)4(2,10)11;1-5-2-3-6(8)4-7(5)9;1-5-3-2-4-6(8)7(5)9;1-6-2-4-7(8)5-3-6;1-6-3-2-4-7(8)5-6;1-7(8)5-3-2-4-6-7;1-6-4-2-3-5-7(6)8;1-2-3(7,8)5(11,12)6(13,14)4(2,9)10;1-6(7)4-2-3-5-6/h2H,1H3;2*2-4H,1H3;2*2-5H,1H3;2-6H2,1H3;2-5H,1H3;2H,1H3;2-5H2,1H3. The van der Waals surface area contributed by atoms with Crippen LogP contribution in [0.25, 0.3) is 0 Å². The Morgan fingerprint density at radius 1 is 0.295 bits per heavy atom. The molecule has 0 aliphatic heterocycles. The fourth-order valence-electron chi connectivity index (χ4n) is 7.85. The minimum Gasteiger partial charge on any atom is -0.244 e. The predicted molar refractivity (Wildman–Crippen MR) is 279 cm³/mol. The van der Waals surface area contributed by atoms with E-state index in [1.807, 2.05) is 26.0 Å². The van der Waals surface area contributed by atoms with E-state index in [9.17, 15) is 119 Å². The molecule has 0 aromatic heterocycles. The Bertz CT molecular complexity index is 2760. The predicted octanol–water partition coefficient (Wildman–Crippen LogP) is 22.9. The van der Waals surface area contributed by atoms with E-state index in [1.165, 1.54) is 67.9 Å². The van der Waals surface area contributed by atoms with Crippen molar-refractivity contribution in [3.05, 3.63) is 178 Å². The number of halogens is 27. The van der Waals surface area contributed by atoms with Gasteiger partial charge in [0.25, 0.3) is 0 Å². The average Bonchev–Trinajstić information content (AvgIpc) is 1.14. The van der Waals surface area contributed by atoms with Crippen LogP contribution in [-0.2, 0) is 0 Å². The summed E-state index contributed by atoms with van der Waals surface area (Å²) in [4.78, 5) is 0. The highest BCUT2D eigenvalue weighted by molar-refractivity contribution is 5.21. The summed E-state index contributed by atoms with van der Waals surface area (Å²) in [6.07, 6.45) is 8.74. The monoisotopic (exact) mass is 1310 g/mol. The number of benzene rings is 5. The van der Waals surface area contributed by atoms with Crippen molar-refractivity contribution >= 4 is 0 Å². The van der Waals surface area contributed by atoms with Gasteiger partial charge >= 0.3 is 53.3 Å². The van der Waals surface area contributed by atoms with E-state index in [2.05, 4.69) is 0 Å². The molecule has 88 heavy (non-hydrogen) atoms. The lowest BCUT2D eigenvalue weighted by Gasteiger charge is -2.48. The van der Waals surface area contributed by atoms with Crippen molar-refractivity contribution in [1.29, 1.82) is 0 Å². The molecule has 4 aliphatic rings. The van der Waals surface area contributed by atoms with Crippen LogP contribution in [0.15, 0.2) is 109 Å². The minimum absolute atomic E-state index is 0.0329. The van der Waals surface area contributed by atoms with E-state index < -0.39 is 99.7 Å². The van der Waals surface area contributed by atoms with Gasteiger partial charge in [-0.05, 0) is 139 Å². The molecule has 4 aliphatic carbocycles. The van der Waals surface area contributed by atoms with Gasteiger partial charge in [-0.1, -0.05) is 112 Å². The molecule has 5 aromatic rings. The highest BCUT2D eigenvalue weighted by atomic mass is 19.4. The van der Waals surface area contributed by atoms with Gasteiger partial charge < -0.3 is 0 Å². The van der Waals surface area contributed by atoms with E-state index >= 15 is 0 Å². The summed E-state index contributed by atoms with van der Waals surface area (Å²) in [5.41, 5.74) is 1.94. The van der Waals surface area contributed by atoms with E-state index in [0.717, 1.165) is 74.6 Å². The van der Waals surface area contributed by atoms with Gasteiger partial charge in [0.2, 0.25) is 0 Å². The second kappa shape index (κ2) is 31.3. The zero-order chi connectivity index (χ0) is 68.7. The lowest BCUT2D eigenvalue weighted by Crippen LogP contribution is -2.77. The largest absolute Gasteiger partial charge is 0.384 e. The number of hydrogen-bond donors (Lipinski definition) is 0. The third-order valence-corrected chi connectivity index (χ3v) is 13.9. The van der Waals surface area contributed by atoms with E-state index in [0.29, 0.717) is 16.7 Å². The molecule has 9 rings (SSSR count). The maximum absolute atomic E-state index is 12.9. The first-order chi connectivity index (χ1) is 39.8. The third kappa shape index (κ3) is 20.1. The van der Waals surface area contributed by atoms with Crippen molar-refractivity contribution in [3.63, 3.8) is 0 Å². The number of rotatable bonds is 0. The summed E-state index contributed by atoms with van der Waals surface area (Å²) in [5, 5.41) is 0. The smallest absolute Gasteiger partial charge is 0.244 e. The Balaban J connectivity index is 0.000000503. The lowest BCUT2D eigenvalue weighted by atomic mass is 9.75. The van der Waals surface area contributed by atoms with Crippen molar-refractivity contribution in [3.8, 4) is 0 Å². The van der Waals surface area contributed by atoms with E-state index in [4.69, 9.17) is 0 Å². The Hall–Kier alpha value is -5.79. The zero-order valence-corrected chi connectivity index (χ0v) is 48.6. The van der Waals surface area contributed by atoms with Crippen LogP contribution in [0, 0.1) is 87.2 Å². The van der Waals surface area contributed by atoms with Gasteiger partial charge in [0.1, 0.15) is 40.4 Å². The molecule has 0 bridgehead atoms. The molecule has 0 atom stereocenters. The number of aryl methyl sites for hydroxylation is 5. The number of hydrogen-bond acceptors (Lipinski definition) is 0. The summed E-state index contributed by atoms with van der Waals surface area (Å²) in [5.74, 6) is -65.1. The Kier molecular flexibility index (Phi) is 28.5. The molecule has 0 unspecified atom stereocenters. The Labute approximate surface area is 491 Å². The van der Waals surface area contributed by atoms with Crippen molar-refractivity contribution in [2.24, 2.45) is 11.8 Å². The van der Waals surface area contributed by atoms with Crippen LogP contribution in [0.4, 0.5) is 119 Å². The second-order valence-electron chi connectivity index (χ2n) is 21.5. The highest BCUT2D eigenvalue weighted by Crippen LogP contribution is 2.67. The summed E-state index contributed by atoms with van der Waals surface area (Å²) >= 11 is 0. The van der Waals surface area contributed by atoms with Crippen LogP contribution in [0.2, 0.25) is 0 Å². The van der Waals surface area contributed by atoms with Gasteiger partial charge in [-0.15, -0.1) is 0 Å². The van der Waals surface area contributed by atoms with Gasteiger partial charge in [0.15, 0.2) is 11.6 Å². The molecule has 0 N–H and O–H groups in total. The molecule has 0 radical (unpaired) electrons. The fraction of sp³-hybridized carbons (Fsp3) is 0.508. The molecule has 0 spiro atoms. The summed E-state index contributed by atoms with van der Waals surface area (Å²) in [7, 11) is 0. The topological polar surface area (TPSA) is 0 Å². The molecule has 4 fully saturated rings. The van der Waals surface area contributed by atoms with Crippen molar-refractivity contribution in [2.45, 2.75) is 185 Å². The van der Waals surface area contributed by atoms with Crippen LogP contribution in [-0.4, -0.2) is 64.6 Å². The number of alkyl halides is 20. The molecule has 0 saturated heterocycles. The van der Waals surface area contributed by atoms with Crippen LogP contribution in [0.3, 0.4) is 0 Å². The third-order valence-electron chi connectivity index (χ3n) is 13.9. The summed E-state index contributed by atoms with van der Waals surface area (Å²) in [6.45, 7) is 11.7. The van der Waals surface area contributed by atoms with E-state index in [1.54, 1.807) is 58.0 Å². The molecule has 5 aromatic carbocycles. The van der Waals surface area contributed by atoms with Gasteiger partial charge in [-0.2, -0.15) is 79.0 Å². The quantitative estimate of drug-likeness (QED) is 0.136. The van der Waals surface area contributed by atoms with Crippen LogP contribution >= 0.6 is 0 Å². The first kappa shape index (κ1) is 80.2. The second-order valence-corrected chi connectivity index (χ2v) is 21.5. The van der Waals surface area contributed by atoms with Crippen molar-refractivity contribution in [1.82, 2.24) is 0 Å². The van der Waals surface area contributed by atoms with Crippen LogP contribution in [0.1, 0.15) is 113 Å². The van der Waals surface area contributed by atoms with Crippen LogP contribution in [0.5, 0.6) is 0 Å². The molecule has 4 saturated carbocycles. The van der Waals surface area contributed by atoms with Gasteiger partial charge in [0, 0.05) is 6.07 Å². The molecule has 0 amide bonds. The van der Waals surface area contributed by atoms with Crippen molar-refractivity contribution < 1.29 is 119 Å². The van der Waals surface area contributed by atoms with E-state index in [-0.39, 0.29) is 31.3 Å². The zero-order valence-electron chi connectivity index (χ0n) is 48.6. The molecule has 0 nitrogen and oxygen atoms in total. The molecule has 27 heteroatoms. The normalized spacial score (nSPS) is 21.0. The average molecular weight is 1310 g/mol. The van der Waals surface area contributed by atoms with Gasteiger partial charge in [-0.25, -0.2) is 39.5 Å². The first-order valence-electron chi connectivity index (χ1n) is 26.5. The Morgan fingerprint density at radius 3 is 0.909 bits per heavy atom. The van der Waals surface area contributed by atoms with Gasteiger partial charge in [-0.3, -0.25) is 0 Å². The molecular weight excluding hydrogens is 1250 g/mol. The molecule has 0 heterocycles. The highest BCUT2D eigenvalue weighted by Gasteiger charge is 2.94. The van der Waals surface area contributed by atoms with Crippen LogP contribution < -0.4 is 0 Å². The lowest BCUT2D eigenvalue weighted by molar-refractivity contribution is -0.461. The Morgan fingerprint density at radius 2 is 0.625 bits per heavy atom. The summed E-state index contributed by atoms with van der Waals surface area (Å²) < 4.78 is 335. The first-order valence-corrected chi connectivity index (χ1v) is 26.5. The maximum Gasteiger partial charge on any atom is 0.384 e. The maximum atomic E-state index is 12.9. The van der Waals surface area contributed by atoms with Gasteiger partial charge in [0.05, 0.1) is 11.8 Å². The summed E-state index contributed by atoms with van der Waals surface area (Å²) in [6, 6.07) is 27.2. The SMILES string of the molecule is CC1(F)CCCC1.CC1(F)CCCCC1.CC1C(F)(F)C(F)(F)C(F)(F)C(F)(F)C1(F)F.CC1C(F)(F)C(F)(F)C(F)(F)C1(F)F.Cc1ccc(F)cc1.Cc1ccc(F)cc1F.Cc1cccc(F)c1.Cc1cccc(F)c1F.Cc1ccccc1F. The van der Waals surface area contributed by atoms with Crippen molar-refractivity contribution in [2.75, 3.05) is 0 Å².